The van der Waals surface area contributed by atoms with Crippen molar-refractivity contribution in [1.82, 2.24) is 15.1 Å². The first kappa shape index (κ1) is 15.2. The highest BCUT2D eigenvalue weighted by atomic mass is 32.2. The highest BCUT2D eigenvalue weighted by Crippen LogP contribution is 2.31. The summed E-state index contributed by atoms with van der Waals surface area (Å²) in [5.41, 5.74) is 0.611. The Kier molecular flexibility index (Phi) is 3.82. The number of amides is 1. The first-order valence-electron chi connectivity index (χ1n) is 6.95. The van der Waals surface area contributed by atoms with Crippen molar-refractivity contribution in [3.8, 4) is 0 Å². The first-order chi connectivity index (χ1) is 10.4. The van der Waals surface area contributed by atoms with E-state index in [4.69, 9.17) is 0 Å². The summed E-state index contributed by atoms with van der Waals surface area (Å²) in [7, 11) is -3.31. The maximum atomic E-state index is 12.4. The molecule has 1 atom stereocenters. The number of sulfone groups is 1. The van der Waals surface area contributed by atoms with Gasteiger partial charge >= 0.3 is 0 Å². The topological polar surface area (TPSA) is 83.1 Å². The number of hydrogen-bond donors (Lipinski definition) is 1. The van der Waals surface area contributed by atoms with Gasteiger partial charge in [-0.05, 0) is 25.5 Å². The lowest BCUT2D eigenvalue weighted by Crippen LogP contribution is -2.27. The van der Waals surface area contributed by atoms with E-state index in [2.05, 4.69) is 10.2 Å². The molecule has 22 heavy (non-hydrogen) atoms. The molecule has 1 aliphatic heterocycles. The monoisotopic (exact) mass is 339 g/mol. The average molecular weight is 339 g/mol. The molecule has 1 saturated heterocycles. The number of likely N-dealkylation sites (tertiary alicyclic amines) is 1. The molecule has 6 nitrogen and oxygen atoms in total. The van der Waals surface area contributed by atoms with Crippen LogP contribution in [0.3, 0.4) is 0 Å². The number of rotatable bonds is 3. The van der Waals surface area contributed by atoms with E-state index in [0.717, 1.165) is 16.2 Å². The summed E-state index contributed by atoms with van der Waals surface area (Å²) in [6.45, 7) is 3.11. The molecule has 1 fully saturated rings. The second kappa shape index (κ2) is 5.51. The number of aromatic amines is 1. The lowest BCUT2D eigenvalue weighted by molar-refractivity contribution is 0.0795. The third-order valence-corrected chi connectivity index (χ3v) is 5.98. The molecule has 2 aromatic rings. The molecule has 1 unspecified atom stereocenters. The van der Waals surface area contributed by atoms with Gasteiger partial charge in [0, 0.05) is 30.1 Å². The molecule has 1 N–H and O–H groups in total. The minimum atomic E-state index is -3.31. The molecule has 8 heteroatoms. The van der Waals surface area contributed by atoms with Crippen LogP contribution < -0.4 is 0 Å². The standard InChI is InChI=1S/C14H17N3O3S2/c1-9-3-4-11(21-9)14(18)17-6-5-10(8-17)13-12(7-15-16-13)22(2,19)20/h3-4,7,10H,5-6,8H2,1-2H3,(H,15,16). The van der Waals surface area contributed by atoms with Crippen LogP contribution in [0.25, 0.3) is 0 Å². The number of H-pyrrole nitrogens is 1. The van der Waals surface area contributed by atoms with E-state index in [9.17, 15) is 13.2 Å². The van der Waals surface area contributed by atoms with Crippen LogP contribution in [0.1, 0.15) is 32.6 Å². The van der Waals surface area contributed by atoms with Crippen molar-refractivity contribution in [3.63, 3.8) is 0 Å². The van der Waals surface area contributed by atoms with Crippen molar-refractivity contribution < 1.29 is 13.2 Å². The number of carbonyl (C=O) groups is 1. The predicted molar refractivity (Wildman–Crippen MR) is 84.0 cm³/mol. The van der Waals surface area contributed by atoms with Gasteiger partial charge in [-0.15, -0.1) is 11.3 Å². The number of carbonyl (C=O) groups excluding carboxylic acids is 1. The molecule has 2 aromatic heterocycles. The second-order valence-corrected chi connectivity index (χ2v) is 8.84. The van der Waals surface area contributed by atoms with Crippen molar-refractivity contribution in [3.05, 3.63) is 33.8 Å². The zero-order valence-corrected chi connectivity index (χ0v) is 14.0. The number of hydrogen-bond acceptors (Lipinski definition) is 5. The van der Waals surface area contributed by atoms with Crippen molar-refractivity contribution in [2.75, 3.05) is 19.3 Å². The maximum absolute atomic E-state index is 12.4. The summed E-state index contributed by atoms with van der Waals surface area (Å²) < 4.78 is 23.5. The molecular weight excluding hydrogens is 322 g/mol. The number of nitrogens with one attached hydrogen (secondary N) is 1. The van der Waals surface area contributed by atoms with Crippen molar-refractivity contribution >= 4 is 27.1 Å². The molecule has 1 amide bonds. The van der Waals surface area contributed by atoms with E-state index in [0.29, 0.717) is 18.8 Å². The number of nitrogens with zero attached hydrogens (tertiary/aromatic N) is 2. The molecule has 0 bridgehead atoms. The number of thiophene rings is 1. The fraction of sp³-hybridized carbons (Fsp3) is 0.429. The molecule has 0 spiro atoms. The Balaban J connectivity index is 1.78. The van der Waals surface area contributed by atoms with Gasteiger partial charge in [-0.3, -0.25) is 9.89 Å². The van der Waals surface area contributed by atoms with Crippen LogP contribution in [0.4, 0.5) is 0 Å². The van der Waals surface area contributed by atoms with E-state index >= 15 is 0 Å². The largest absolute Gasteiger partial charge is 0.337 e. The van der Waals surface area contributed by atoms with E-state index in [1.807, 2.05) is 19.1 Å². The molecule has 3 rings (SSSR count). The minimum Gasteiger partial charge on any atom is -0.337 e. The van der Waals surface area contributed by atoms with Crippen LogP contribution in [0.2, 0.25) is 0 Å². The Morgan fingerprint density at radius 1 is 1.45 bits per heavy atom. The SMILES string of the molecule is Cc1ccc(C(=O)N2CCC(c3[nH]ncc3S(C)(=O)=O)C2)s1. The molecule has 118 valence electrons. The van der Waals surface area contributed by atoms with Gasteiger partial charge < -0.3 is 4.90 Å². The molecule has 0 radical (unpaired) electrons. The summed E-state index contributed by atoms with van der Waals surface area (Å²) in [5.74, 6) is -0.00162. The smallest absolute Gasteiger partial charge is 0.263 e. The maximum Gasteiger partial charge on any atom is 0.263 e. The normalized spacial score (nSPS) is 18.8. The molecule has 0 aromatic carbocycles. The summed E-state index contributed by atoms with van der Waals surface area (Å²) in [4.78, 5) is 16.3. The summed E-state index contributed by atoms with van der Waals surface area (Å²) >= 11 is 1.48. The summed E-state index contributed by atoms with van der Waals surface area (Å²) in [6.07, 6.45) is 3.26. The predicted octanol–water partition coefficient (Wildman–Crippen LogP) is 1.81. The zero-order chi connectivity index (χ0) is 15.9. The number of aromatic nitrogens is 2. The van der Waals surface area contributed by atoms with Crippen molar-refractivity contribution in [1.29, 1.82) is 0 Å². The van der Waals surface area contributed by atoms with Gasteiger partial charge in [0.1, 0.15) is 4.90 Å². The van der Waals surface area contributed by atoms with E-state index < -0.39 is 9.84 Å². The van der Waals surface area contributed by atoms with E-state index in [1.54, 1.807) is 4.90 Å². The highest BCUT2D eigenvalue weighted by Gasteiger charge is 2.32. The van der Waals surface area contributed by atoms with Crippen molar-refractivity contribution in [2.24, 2.45) is 0 Å². The number of aryl methyl sites for hydroxylation is 1. The van der Waals surface area contributed by atoms with Gasteiger partial charge in [0.25, 0.3) is 5.91 Å². The molecule has 1 aliphatic rings. The van der Waals surface area contributed by atoms with Gasteiger partial charge in [-0.2, -0.15) is 5.10 Å². The quantitative estimate of drug-likeness (QED) is 0.924. The fourth-order valence-corrected chi connectivity index (χ4v) is 4.45. The Labute approximate surface area is 133 Å². The van der Waals surface area contributed by atoms with Gasteiger partial charge in [-0.1, -0.05) is 0 Å². The fourth-order valence-electron chi connectivity index (χ4n) is 2.76. The average Bonchev–Trinajstić information content (AvgIpc) is 3.16. The molecule has 3 heterocycles. The molecular formula is C14H17N3O3S2. The zero-order valence-electron chi connectivity index (χ0n) is 12.4. The van der Waals surface area contributed by atoms with Crippen LogP contribution in [-0.2, 0) is 9.84 Å². The van der Waals surface area contributed by atoms with Crippen LogP contribution >= 0.6 is 11.3 Å². The lowest BCUT2D eigenvalue weighted by Gasteiger charge is -2.15. The van der Waals surface area contributed by atoms with Crippen LogP contribution in [-0.4, -0.2) is 48.8 Å². The van der Waals surface area contributed by atoms with Crippen molar-refractivity contribution in [2.45, 2.75) is 24.2 Å². The summed E-state index contributed by atoms with van der Waals surface area (Å²) in [6, 6.07) is 3.77. The first-order valence-corrected chi connectivity index (χ1v) is 9.66. The Bertz CT molecular complexity index is 807. The minimum absolute atomic E-state index is 0.0148. The Morgan fingerprint density at radius 3 is 2.86 bits per heavy atom. The Hall–Kier alpha value is -1.67. The lowest BCUT2D eigenvalue weighted by atomic mass is 10.1. The third-order valence-electron chi connectivity index (χ3n) is 3.87. The van der Waals surface area contributed by atoms with Gasteiger partial charge in [-0.25, -0.2) is 8.42 Å². The Morgan fingerprint density at radius 2 is 2.23 bits per heavy atom. The third kappa shape index (κ3) is 2.80. The highest BCUT2D eigenvalue weighted by molar-refractivity contribution is 7.90. The van der Waals surface area contributed by atoms with Crippen LogP contribution in [0, 0.1) is 6.92 Å². The van der Waals surface area contributed by atoms with Gasteiger partial charge in [0.2, 0.25) is 0 Å². The van der Waals surface area contributed by atoms with Crippen LogP contribution in [0.5, 0.6) is 0 Å². The van der Waals surface area contributed by atoms with Gasteiger partial charge in [0.05, 0.1) is 16.8 Å². The summed E-state index contributed by atoms with van der Waals surface area (Å²) in [5, 5.41) is 6.65. The van der Waals surface area contributed by atoms with Crippen LogP contribution in [0.15, 0.2) is 23.2 Å². The van der Waals surface area contributed by atoms with Gasteiger partial charge in [0.15, 0.2) is 9.84 Å². The second-order valence-electron chi connectivity index (χ2n) is 5.57. The molecule has 0 saturated carbocycles. The van der Waals surface area contributed by atoms with E-state index in [-0.39, 0.29) is 16.7 Å². The van der Waals surface area contributed by atoms with E-state index in [1.165, 1.54) is 23.8 Å². The molecule has 0 aliphatic carbocycles.